The molecule has 0 saturated carbocycles. The average molecular weight is 209 g/mol. The van der Waals surface area contributed by atoms with Crippen LogP contribution in [0.2, 0.25) is 0 Å². The van der Waals surface area contributed by atoms with E-state index >= 15 is 0 Å². The Kier molecular flexibility index (Phi) is 3.73. The van der Waals surface area contributed by atoms with Crippen molar-refractivity contribution in [1.29, 1.82) is 0 Å². The largest absolute Gasteiger partial charge is 0.364 e. The standard InChI is InChI=1S/C9H11N3O3/c1-2-4-11-9(13)7-3-5-10-8(6-7)12(14)15/h3,5-6H,2,4H2,1H3,(H,11,13). The van der Waals surface area contributed by atoms with Gasteiger partial charge < -0.3 is 15.4 Å². The van der Waals surface area contributed by atoms with Gasteiger partial charge in [0.05, 0.1) is 5.56 Å². The number of nitrogens with one attached hydrogen (secondary N) is 1. The highest BCUT2D eigenvalue weighted by Crippen LogP contribution is 2.08. The van der Waals surface area contributed by atoms with Crippen molar-refractivity contribution in [2.24, 2.45) is 0 Å². The minimum absolute atomic E-state index is 0.255. The lowest BCUT2D eigenvalue weighted by Gasteiger charge is -2.01. The average Bonchev–Trinajstić information content (AvgIpc) is 2.26. The Morgan fingerprint density at radius 2 is 2.40 bits per heavy atom. The Balaban J connectivity index is 2.81. The number of hydrogen-bond acceptors (Lipinski definition) is 4. The van der Waals surface area contributed by atoms with E-state index in [9.17, 15) is 14.9 Å². The lowest BCUT2D eigenvalue weighted by molar-refractivity contribution is -0.389. The van der Waals surface area contributed by atoms with Gasteiger partial charge in [-0.05, 0) is 22.4 Å². The fraction of sp³-hybridized carbons (Fsp3) is 0.333. The minimum atomic E-state index is -0.628. The molecule has 1 rings (SSSR count). The second kappa shape index (κ2) is 5.04. The molecule has 1 aromatic rings. The monoisotopic (exact) mass is 209 g/mol. The zero-order chi connectivity index (χ0) is 11.3. The van der Waals surface area contributed by atoms with E-state index in [0.29, 0.717) is 6.54 Å². The minimum Gasteiger partial charge on any atom is -0.358 e. The summed E-state index contributed by atoms with van der Waals surface area (Å²) in [5.41, 5.74) is 0.255. The van der Waals surface area contributed by atoms with E-state index in [1.807, 2.05) is 6.92 Å². The molecule has 0 aliphatic rings. The predicted molar refractivity (Wildman–Crippen MR) is 53.5 cm³/mol. The van der Waals surface area contributed by atoms with Crippen LogP contribution in [0.5, 0.6) is 0 Å². The van der Waals surface area contributed by atoms with Crippen molar-refractivity contribution in [2.75, 3.05) is 6.54 Å². The maximum atomic E-state index is 11.4. The van der Waals surface area contributed by atoms with Crippen molar-refractivity contribution in [3.63, 3.8) is 0 Å². The third-order valence-corrected chi connectivity index (χ3v) is 1.73. The molecule has 6 nitrogen and oxygen atoms in total. The molecule has 0 aliphatic carbocycles. The van der Waals surface area contributed by atoms with Crippen molar-refractivity contribution in [2.45, 2.75) is 13.3 Å². The molecule has 0 unspecified atom stereocenters. The van der Waals surface area contributed by atoms with Gasteiger partial charge in [-0.25, -0.2) is 0 Å². The highest BCUT2D eigenvalue weighted by molar-refractivity contribution is 5.94. The zero-order valence-corrected chi connectivity index (χ0v) is 8.27. The van der Waals surface area contributed by atoms with E-state index in [0.717, 1.165) is 12.5 Å². The second-order valence-corrected chi connectivity index (χ2v) is 2.92. The van der Waals surface area contributed by atoms with E-state index in [1.54, 1.807) is 0 Å². The van der Waals surface area contributed by atoms with E-state index in [4.69, 9.17) is 0 Å². The highest BCUT2D eigenvalue weighted by Gasteiger charge is 2.11. The van der Waals surface area contributed by atoms with Crippen molar-refractivity contribution in [3.05, 3.63) is 34.0 Å². The Hall–Kier alpha value is -1.98. The molecule has 1 amide bonds. The van der Waals surface area contributed by atoms with Gasteiger partial charge in [-0.15, -0.1) is 0 Å². The van der Waals surface area contributed by atoms with Crippen molar-refractivity contribution < 1.29 is 9.72 Å². The van der Waals surface area contributed by atoms with Crippen LogP contribution in [0.3, 0.4) is 0 Å². The third kappa shape index (κ3) is 3.01. The number of amides is 1. The van der Waals surface area contributed by atoms with Gasteiger partial charge in [-0.3, -0.25) is 4.79 Å². The number of nitrogens with zero attached hydrogens (tertiary/aromatic N) is 2. The van der Waals surface area contributed by atoms with E-state index in [-0.39, 0.29) is 17.3 Å². The summed E-state index contributed by atoms with van der Waals surface area (Å²) in [6, 6.07) is 2.60. The van der Waals surface area contributed by atoms with Crippen LogP contribution in [0.25, 0.3) is 0 Å². The Labute approximate surface area is 86.5 Å². The van der Waals surface area contributed by atoms with Crippen molar-refractivity contribution in [1.82, 2.24) is 10.3 Å². The van der Waals surface area contributed by atoms with Crippen LogP contribution in [-0.2, 0) is 0 Å². The zero-order valence-electron chi connectivity index (χ0n) is 8.27. The molecule has 15 heavy (non-hydrogen) atoms. The number of pyridine rings is 1. The Bertz CT molecular complexity index is 379. The second-order valence-electron chi connectivity index (χ2n) is 2.92. The number of aromatic nitrogens is 1. The lowest BCUT2D eigenvalue weighted by atomic mass is 10.2. The van der Waals surface area contributed by atoms with Gasteiger partial charge in [0.25, 0.3) is 5.91 Å². The third-order valence-electron chi connectivity index (χ3n) is 1.73. The molecule has 0 fully saturated rings. The highest BCUT2D eigenvalue weighted by atomic mass is 16.6. The summed E-state index contributed by atoms with van der Waals surface area (Å²) in [4.78, 5) is 24.7. The van der Waals surface area contributed by atoms with Gasteiger partial charge in [-0.1, -0.05) is 6.92 Å². The molecule has 0 aromatic carbocycles. The molecule has 0 aliphatic heterocycles. The summed E-state index contributed by atoms with van der Waals surface area (Å²) in [5, 5.41) is 13.0. The number of rotatable bonds is 4. The van der Waals surface area contributed by atoms with Gasteiger partial charge in [0.2, 0.25) is 0 Å². The Morgan fingerprint density at radius 1 is 1.67 bits per heavy atom. The number of nitro groups is 1. The fourth-order valence-corrected chi connectivity index (χ4v) is 1.00. The van der Waals surface area contributed by atoms with Crippen LogP contribution in [0.4, 0.5) is 5.82 Å². The number of carbonyl (C=O) groups excluding carboxylic acids is 1. The van der Waals surface area contributed by atoms with Crippen LogP contribution < -0.4 is 5.32 Å². The van der Waals surface area contributed by atoms with Gasteiger partial charge in [0.15, 0.2) is 0 Å². The van der Waals surface area contributed by atoms with Crippen LogP contribution in [0.1, 0.15) is 23.7 Å². The van der Waals surface area contributed by atoms with Gasteiger partial charge in [-0.2, -0.15) is 0 Å². The molecule has 1 heterocycles. The number of carbonyl (C=O) groups is 1. The van der Waals surface area contributed by atoms with E-state index in [2.05, 4.69) is 10.3 Å². The van der Waals surface area contributed by atoms with Crippen LogP contribution in [-0.4, -0.2) is 22.4 Å². The molecule has 0 spiro atoms. The first-order chi connectivity index (χ1) is 7.15. The first-order valence-corrected chi connectivity index (χ1v) is 4.53. The first-order valence-electron chi connectivity index (χ1n) is 4.53. The summed E-state index contributed by atoms with van der Waals surface area (Å²) in [5.74, 6) is -0.638. The number of hydrogen-bond donors (Lipinski definition) is 1. The molecular formula is C9H11N3O3. The van der Waals surface area contributed by atoms with E-state index in [1.165, 1.54) is 12.3 Å². The predicted octanol–water partition coefficient (Wildman–Crippen LogP) is 1.13. The molecule has 80 valence electrons. The normalized spacial score (nSPS) is 9.67. The quantitative estimate of drug-likeness (QED) is 0.595. The van der Waals surface area contributed by atoms with Gasteiger partial charge >= 0.3 is 5.82 Å². The van der Waals surface area contributed by atoms with Crippen molar-refractivity contribution in [3.8, 4) is 0 Å². The summed E-state index contributed by atoms with van der Waals surface area (Å²) < 4.78 is 0. The maximum Gasteiger partial charge on any atom is 0.364 e. The van der Waals surface area contributed by atoms with Crippen molar-refractivity contribution >= 4 is 11.7 Å². The fourth-order valence-electron chi connectivity index (χ4n) is 1.00. The summed E-state index contributed by atoms with van der Waals surface area (Å²) in [7, 11) is 0. The van der Waals surface area contributed by atoms with Crippen LogP contribution in [0.15, 0.2) is 18.3 Å². The molecule has 0 atom stereocenters. The summed E-state index contributed by atoms with van der Waals surface area (Å²) in [6.45, 7) is 2.48. The molecule has 1 N–H and O–H groups in total. The molecular weight excluding hydrogens is 198 g/mol. The molecule has 6 heteroatoms. The van der Waals surface area contributed by atoms with Gasteiger partial charge in [0.1, 0.15) is 6.20 Å². The molecule has 0 bridgehead atoms. The van der Waals surface area contributed by atoms with Crippen LogP contribution in [0, 0.1) is 10.1 Å². The van der Waals surface area contributed by atoms with E-state index < -0.39 is 4.92 Å². The first kappa shape index (κ1) is 11.1. The molecule has 1 aromatic heterocycles. The molecule has 0 saturated heterocycles. The van der Waals surface area contributed by atoms with Gasteiger partial charge in [0, 0.05) is 12.6 Å². The topological polar surface area (TPSA) is 85.1 Å². The lowest BCUT2D eigenvalue weighted by Crippen LogP contribution is -2.24. The summed E-state index contributed by atoms with van der Waals surface area (Å²) in [6.07, 6.45) is 2.07. The maximum absolute atomic E-state index is 11.4. The molecule has 0 radical (unpaired) electrons. The smallest absolute Gasteiger partial charge is 0.358 e. The van der Waals surface area contributed by atoms with Crippen LogP contribution >= 0.6 is 0 Å². The summed E-state index contributed by atoms with van der Waals surface area (Å²) >= 11 is 0. The SMILES string of the molecule is CCCNC(=O)c1ccnc([N+](=O)[O-])c1. The Morgan fingerprint density at radius 3 is 3.00 bits per heavy atom.